The van der Waals surface area contributed by atoms with Gasteiger partial charge in [-0.15, -0.1) is 11.8 Å². The second-order valence-corrected chi connectivity index (χ2v) is 6.19. The highest BCUT2D eigenvalue weighted by molar-refractivity contribution is 7.99. The number of halogens is 1. The summed E-state index contributed by atoms with van der Waals surface area (Å²) in [5.74, 6) is 1.63. The Morgan fingerprint density at radius 2 is 2.04 bits per heavy atom. The van der Waals surface area contributed by atoms with Crippen molar-refractivity contribution < 1.29 is 4.39 Å². The van der Waals surface area contributed by atoms with Crippen molar-refractivity contribution in [2.45, 2.75) is 11.3 Å². The van der Waals surface area contributed by atoms with E-state index in [0.29, 0.717) is 17.4 Å². The lowest BCUT2D eigenvalue weighted by Crippen LogP contribution is -2.08. The first-order chi connectivity index (χ1) is 11.1. The molecule has 0 amide bonds. The van der Waals surface area contributed by atoms with Crippen molar-refractivity contribution in [3.05, 3.63) is 36.3 Å². The van der Waals surface area contributed by atoms with Gasteiger partial charge in [-0.05, 0) is 36.4 Å². The van der Waals surface area contributed by atoms with E-state index in [1.165, 1.54) is 12.1 Å². The summed E-state index contributed by atoms with van der Waals surface area (Å²) >= 11 is 1.69. The summed E-state index contributed by atoms with van der Waals surface area (Å²) in [7, 11) is 1.82. The van der Waals surface area contributed by atoms with Crippen LogP contribution in [0.5, 0.6) is 0 Å². The second kappa shape index (κ2) is 6.82. The summed E-state index contributed by atoms with van der Waals surface area (Å²) < 4.78 is 14.5. The molecule has 0 saturated heterocycles. The number of benzene rings is 1. The van der Waals surface area contributed by atoms with E-state index in [1.807, 2.05) is 7.05 Å². The summed E-state index contributed by atoms with van der Waals surface area (Å²) in [6, 6.07) is 6.52. The predicted octanol–water partition coefficient (Wildman–Crippen LogP) is 2.68. The summed E-state index contributed by atoms with van der Waals surface area (Å²) in [6.45, 7) is 0.733. The largest absolute Gasteiger partial charge is 0.383 e. The minimum atomic E-state index is -0.212. The number of nitrogens with two attached hydrogens (primary N) is 1. The van der Waals surface area contributed by atoms with Crippen LogP contribution in [-0.2, 0) is 7.05 Å². The van der Waals surface area contributed by atoms with Gasteiger partial charge in [0.15, 0.2) is 5.65 Å². The first kappa shape index (κ1) is 15.5. The number of hydrogen-bond donors (Lipinski definition) is 2. The number of nitrogens with one attached hydrogen (secondary N) is 1. The van der Waals surface area contributed by atoms with Gasteiger partial charge < -0.3 is 11.1 Å². The molecular formula is C15H17FN6S. The number of aromatic nitrogens is 4. The zero-order valence-electron chi connectivity index (χ0n) is 12.7. The van der Waals surface area contributed by atoms with Gasteiger partial charge in [-0.3, -0.25) is 4.68 Å². The molecule has 0 aliphatic heterocycles. The Labute approximate surface area is 137 Å². The third kappa shape index (κ3) is 3.70. The van der Waals surface area contributed by atoms with Gasteiger partial charge in [-0.1, -0.05) is 0 Å². The van der Waals surface area contributed by atoms with Crippen LogP contribution in [0.15, 0.2) is 35.4 Å². The maximum Gasteiger partial charge on any atom is 0.226 e. The van der Waals surface area contributed by atoms with E-state index in [0.717, 1.165) is 29.0 Å². The molecule has 6 nitrogen and oxygen atoms in total. The van der Waals surface area contributed by atoms with E-state index in [9.17, 15) is 4.39 Å². The minimum absolute atomic E-state index is 0.212. The van der Waals surface area contributed by atoms with Crippen LogP contribution in [0, 0.1) is 5.82 Å². The molecule has 1 aromatic carbocycles. The van der Waals surface area contributed by atoms with E-state index in [4.69, 9.17) is 5.73 Å². The first-order valence-electron chi connectivity index (χ1n) is 7.21. The van der Waals surface area contributed by atoms with Crippen molar-refractivity contribution in [3.8, 4) is 0 Å². The zero-order valence-corrected chi connectivity index (χ0v) is 13.5. The van der Waals surface area contributed by atoms with Gasteiger partial charge in [0, 0.05) is 18.5 Å². The number of thioether (sulfide) groups is 1. The fourth-order valence-electron chi connectivity index (χ4n) is 2.12. The summed E-state index contributed by atoms with van der Waals surface area (Å²) in [5.41, 5.74) is 6.62. The smallest absolute Gasteiger partial charge is 0.226 e. The van der Waals surface area contributed by atoms with Crippen LogP contribution in [-0.4, -0.2) is 32.0 Å². The number of aryl methyl sites for hydroxylation is 1. The second-order valence-electron chi connectivity index (χ2n) is 5.02. The topological polar surface area (TPSA) is 81.7 Å². The lowest BCUT2D eigenvalue weighted by Gasteiger charge is -2.06. The quantitative estimate of drug-likeness (QED) is 0.533. The maximum atomic E-state index is 12.8. The highest BCUT2D eigenvalue weighted by atomic mass is 32.2. The van der Waals surface area contributed by atoms with Gasteiger partial charge in [0.05, 0.1) is 11.6 Å². The van der Waals surface area contributed by atoms with Crippen LogP contribution in [0.1, 0.15) is 6.42 Å². The third-order valence-corrected chi connectivity index (χ3v) is 4.41. The number of nitrogen functional groups attached to an aromatic ring is 1. The molecule has 0 spiro atoms. The molecule has 3 N–H and O–H groups in total. The molecule has 0 unspecified atom stereocenters. The maximum absolute atomic E-state index is 12.8. The molecule has 0 saturated carbocycles. The molecule has 0 aliphatic carbocycles. The molecule has 23 heavy (non-hydrogen) atoms. The highest BCUT2D eigenvalue weighted by Crippen LogP contribution is 2.20. The molecule has 0 radical (unpaired) electrons. The summed E-state index contributed by atoms with van der Waals surface area (Å²) in [4.78, 5) is 9.70. The van der Waals surface area contributed by atoms with Crippen LogP contribution in [0.4, 0.5) is 16.2 Å². The number of hydrogen-bond acceptors (Lipinski definition) is 6. The number of fused-ring (bicyclic) bond motifs is 1. The molecule has 3 rings (SSSR count). The minimum Gasteiger partial charge on any atom is -0.383 e. The molecule has 120 valence electrons. The van der Waals surface area contributed by atoms with Crippen molar-refractivity contribution in [2.24, 2.45) is 7.05 Å². The van der Waals surface area contributed by atoms with Gasteiger partial charge >= 0.3 is 0 Å². The van der Waals surface area contributed by atoms with Gasteiger partial charge in [0.25, 0.3) is 0 Å². The average Bonchev–Trinajstić information content (AvgIpc) is 2.91. The van der Waals surface area contributed by atoms with Crippen molar-refractivity contribution in [1.82, 2.24) is 19.7 Å². The van der Waals surface area contributed by atoms with E-state index in [1.54, 1.807) is 34.8 Å². The van der Waals surface area contributed by atoms with Crippen molar-refractivity contribution in [2.75, 3.05) is 23.3 Å². The van der Waals surface area contributed by atoms with Crippen LogP contribution in [0.25, 0.3) is 11.0 Å². The fraction of sp³-hybridized carbons (Fsp3) is 0.267. The number of nitrogens with zero attached hydrogens (tertiary/aromatic N) is 4. The molecule has 0 fully saturated rings. The van der Waals surface area contributed by atoms with E-state index >= 15 is 0 Å². The molecule has 0 aliphatic rings. The normalized spacial score (nSPS) is 11.0. The Morgan fingerprint density at radius 1 is 1.26 bits per heavy atom. The van der Waals surface area contributed by atoms with E-state index in [2.05, 4.69) is 20.4 Å². The Morgan fingerprint density at radius 3 is 2.83 bits per heavy atom. The fourth-order valence-corrected chi connectivity index (χ4v) is 2.97. The Bertz CT molecular complexity index is 802. The van der Waals surface area contributed by atoms with Gasteiger partial charge in [-0.2, -0.15) is 15.1 Å². The molecular weight excluding hydrogens is 315 g/mol. The Kier molecular flexibility index (Phi) is 4.61. The SMILES string of the molecule is Cn1ncc2c(N)nc(NCCCSc3ccc(F)cc3)nc21. The zero-order chi connectivity index (χ0) is 16.2. The molecule has 2 heterocycles. The van der Waals surface area contributed by atoms with Crippen molar-refractivity contribution in [3.63, 3.8) is 0 Å². The Hall–Kier alpha value is -2.35. The lowest BCUT2D eigenvalue weighted by atomic mass is 10.4. The lowest BCUT2D eigenvalue weighted by molar-refractivity contribution is 0.626. The van der Waals surface area contributed by atoms with Crippen molar-refractivity contribution in [1.29, 1.82) is 0 Å². The highest BCUT2D eigenvalue weighted by Gasteiger charge is 2.08. The van der Waals surface area contributed by atoms with Crippen molar-refractivity contribution >= 4 is 34.6 Å². The molecule has 2 aromatic heterocycles. The monoisotopic (exact) mass is 332 g/mol. The van der Waals surface area contributed by atoms with Crippen LogP contribution >= 0.6 is 11.8 Å². The molecule has 0 atom stereocenters. The third-order valence-electron chi connectivity index (χ3n) is 3.31. The summed E-state index contributed by atoms with van der Waals surface area (Å²) in [6.07, 6.45) is 2.59. The molecule has 3 aromatic rings. The van der Waals surface area contributed by atoms with Crippen LogP contribution < -0.4 is 11.1 Å². The molecule has 8 heteroatoms. The average molecular weight is 332 g/mol. The van der Waals surface area contributed by atoms with E-state index < -0.39 is 0 Å². The summed E-state index contributed by atoms with van der Waals surface area (Å²) in [5, 5.41) is 8.05. The number of anilines is 2. The molecule has 0 bridgehead atoms. The van der Waals surface area contributed by atoms with Crippen LogP contribution in [0.3, 0.4) is 0 Å². The van der Waals surface area contributed by atoms with Gasteiger partial charge in [-0.25, -0.2) is 4.39 Å². The van der Waals surface area contributed by atoms with E-state index in [-0.39, 0.29) is 5.82 Å². The Balaban J connectivity index is 1.50. The van der Waals surface area contributed by atoms with Gasteiger partial charge in [0.2, 0.25) is 5.95 Å². The first-order valence-corrected chi connectivity index (χ1v) is 8.19. The standard InChI is InChI=1S/C15H17FN6S/c1-22-14-12(9-19-22)13(17)20-15(21-14)18-7-2-8-23-11-5-3-10(16)4-6-11/h3-6,9H,2,7-8H2,1H3,(H3,17,18,20,21). The predicted molar refractivity (Wildman–Crippen MR) is 90.9 cm³/mol. The van der Waals surface area contributed by atoms with Crippen LogP contribution in [0.2, 0.25) is 0 Å². The van der Waals surface area contributed by atoms with Gasteiger partial charge in [0.1, 0.15) is 11.6 Å². The number of rotatable bonds is 6.